The predicted molar refractivity (Wildman–Crippen MR) is 110 cm³/mol. The third kappa shape index (κ3) is 5.08. The number of benzene rings is 1. The van der Waals surface area contributed by atoms with Crippen molar-refractivity contribution in [3.05, 3.63) is 35.2 Å². The standard InChI is InChI=1S/C17H19ClN6O.HI/c1-20-17(22-14-4-2-3-12(14)9-19)21-10-15-23-16(24-25-15)11-5-7-13(18)8-6-11;/h5-8,12,14H,2-4,10H2,1H3,(H2,20,21,22);1H. The number of aromatic nitrogens is 2. The van der Waals surface area contributed by atoms with Gasteiger partial charge >= 0.3 is 0 Å². The van der Waals surface area contributed by atoms with Crippen molar-refractivity contribution in [3.63, 3.8) is 0 Å². The highest BCUT2D eigenvalue weighted by atomic mass is 127. The maximum atomic E-state index is 9.17. The molecule has 1 aromatic heterocycles. The molecule has 7 nitrogen and oxygen atoms in total. The van der Waals surface area contributed by atoms with Crippen LogP contribution in [0.5, 0.6) is 0 Å². The van der Waals surface area contributed by atoms with Crippen molar-refractivity contribution in [2.75, 3.05) is 7.05 Å². The molecule has 2 atom stereocenters. The van der Waals surface area contributed by atoms with Crippen molar-refractivity contribution >= 4 is 41.5 Å². The van der Waals surface area contributed by atoms with Crippen LogP contribution in [-0.4, -0.2) is 29.2 Å². The fourth-order valence-electron chi connectivity index (χ4n) is 2.86. The fourth-order valence-corrected chi connectivity index (χ4v) is 2.99. The lowest BCUT2D eigenvalue weighted by atomic mass is 10.1. The summed E-state index contributed by atoms with van der Waals surface area (Å²) < 4.78 is 5.26. The second-order valence-electron chi connectivity index (χ2n) is 5.86. The summed E-state index contributed by atoms with van der Waals surface area (Å²) >= 11 is 5.88. The average Bonchev–Trinajstić information content (AvgIpc) is 3.28. The number of guanidine groups is 1. The summed E-state index contributed by atoms with van der Waals surface area (Å²) in [4.78, 5) is 8.55. The van der Waals surface area contributed by atoms with Gasteiger partial charge in [0, 0.05) is 23.7 Å². The zero-order valence-corrected chi connectivity index (χ0v) is 17.4. The van der Waals surface area contributed by atoms with Crippen LogP contribution in [0.15, 0.2) is 33.8 Å². The van der Waals surface area contributed by atoms with E-state index in [1.54, 1.807) is 19.2 Å². The lowest BCUT2D eigenvalue weighted by Gasteiger charge is -2.18. The monoisotopic (exact) mass is 486 g/mol. The second-order valence-corrected chi connectivity index (χ2v) is 6.30. The Morgan fingerprint density at radius 3 is 2.85 bits per heavy atom. The number of halogens is 2. The molecule has 2 unspecified atom stereocenters. The molecule has 138 valence electrons. The summed E-state index contributed by atoms with van der Waals surface area (Å²) in [5.41, 5.74) is 0.838. The number of aliphatic imine (C=N–C) groups is 1. The van der Waals surface area contributed by atoms with Crippen molar-refractivity contribution in [1.82, 2.24) is 20.8 Å². The normalized spacial score (nSPS) is 19.5. The molecule has 2 aromatic rings. The molecule has 0 aliphatic heterocycles. The van der Waals surface area contributed by atoms with Crippen LogP contribution in [0.25, 0.3) is 11.4 Å². The summed E-state index contributed by atoms with van der Waals surface area (Å²) in [7, 11) is 1.69. The third-order valence-electron chi connectivity index (χ3n) is 4.21. The molecule has 0 bridgehead atoms. The van der Waals surface area contributed by atoms with Gasteiger partial charge in [0.1, 0.15) is 0 Å². The predicted octanol–water partition coefficient (Wildman–Crippen LogP) is 3.37. The molecule has 1 aliphatic rings. The van der Waals surface area contributed by atoms with Gasteiger partial charge in [0.15, 0.2) is 5.96 Å². The molecule has 0 saturated heterocycles. The highest BCUT2D eigenvalue weighted by Crippen LogP contribution is 2.24. The van der Waals surface area contributed by atoms with Gasteiger partial charge in [-0.2, -0.15) is 10.2 Å². The van der Waals surface area contributed by atoms with E-state index >= 15 is 0 Å². The molecular formula is C17H20ClIN6O. The van der Waals surface area contributed by atoms with Crippen molar-refractivity contribution in [2.45, 2.75) is 31.8 Å². The van der Waals surface area contributed by atoms with Crippen LogP contribution in [0, 0.1) is 17.2 Å². The lowest BCUT2D eigenvalue weighted by molar-refractivity contribution is 0.375. The molecule has 26 heavy (non-hydrogen) atoms. The largest absolute Gasteiger partial charge is 0.352 e. The van der Waals surface area contributed by atoms with Crippen LogP contribution in [0.2, 0.25) is 5.02 Å². The van der Waals surface area contributed by atoms with Gasteiger partial charge < -0.3 is 15.2 Å². The van der Waals surface area contributed by atoms with E-state index in [0.29, 0.717) is 29.2 Å². The number of hydrogen-bond acceptors (Lipinski definition) is 5. The minimum absolute atomic E-state index is 0. The summed E-state index contributed by atoms with van der Waals surface area (Å²) in [5.74, 6) is 1.62. The van der Waals surface area contributed by atoms with Crippen LogP contribution >= 0.6 is 35.6 Å². The van der Waals surface area contributed by atoms with Gasteiger partial charge in [-0.05, 0) is 43.5 Å². The highest BCUT2D eigenvalue weighted by Gasteiger charge is 2.27. The van der Waals surface area contributed by atoms with Gasteiger partial charge in [-0.3, -0.25) is 4.99 Å². The highest BCUT2D eigenvalue weighted by molar-refractivity contribution is 14.0. The summed E-state index contributed by atoms with van der Waals surface area (Å²) in [6, 6.07) is 9.72. The first kappa shape index (κ1) is 20.5. The quantitative estimate of drug-likeness (QED) is 0.391. The first-order chi connectivity index (χ1) is 12.2. The van der Waals surface area contributed by atoms with Gasteiger partial charge in [-0.15, -0.1) is 24.0 Å². The van der Waals surface area contributed by atoms with Gasteiger partial charge in [0.05, 0.1) is 18.5 Å². The van der Waals surface area contributed by atoms with Crippen LogP contribution < -0.4 is 10.6 Å². The van der Waals surface area contributed by atoms with E-state index in [4.69, 9.17) is 21.4 Å². The molecule has 0 amide bonds. The number of nitriles is 1. The van der Waals surface area contributed by atoms with E-state index in [9.17, 15) is 0 Å². The Labute approximate surface area is 174 Å². The first-order valence-electron chi connectivity index (χ1n) is 8.15. The Bertz CT molecular complexity index is 785. The first-order valence-corrected chi connectivity index (χ1v) is 8.52. The summed E-state index contributed by atoms with van der Waals surface area (Å²) in [6.07, 6.45) is 2.96. The summed E-state index contributed by atoms with van der Waals surface area (Å²) in [5, 5.41) is 20.2. The molecule has 1 aromatic carbocycles. The van der Waals surface area contributed by atoms with Crippen LogP contribution in [0.1, 0.15) is 25.2 Å². The van der Waals surface area contributed by atoms with Crippen molar-refractivity contribution in [2.24, 2.45) is 10.9 Å². The maximum absolute atomic E-state index is 9.17. The van der Waals surface area contributed by atoms with E-state index in [1.807, 2.05) is 12.1 Å². The Kier molecular flexibility index (Phi) is 7.66. The van der Waals surface area contributed by atoms with Crippen LogP contribution in [0.4, 0.5) is 0 Å². The number of nitrogens with zero attached hydrogens (tertiary/aromatic N) is 4. The van der Waals surface area contributed by atoms with Crippen LogP contribution in [-0.2, 0) is 6.54 Å². The number of nitrogens with one attached hydrogen (secondary N) is 2. The Morgan fingerprint density at radius 2 is 2.15 bits per heavy atom. The molecular weight excluding hydrogens is 467 g/mol. The zero-order valence-electron chi connectivity index (χ0n) is 14.3. The average molecular weight is 487 g/mol. The minimum atomic E-state index is 0. The zero-order chi connectivity index (χ0) is 17.6. The van der Waals surface area contributed by atoms with Crippen LogP contribution in [0.3, 0.4) is 0 Å². The van der Waals surface area contributed by atoms with E-state index in [0.717, 1.165) is 24.8 Å². The smallest absolute Gasteiger partial charge is 0.246 e. The molecule has 2 N–H and O–H groups in total. The molecule has 1 aliphatic carbocycles. The topological polar surface area (TPSA) is 99.1 Å². The van der Waals surface area contributed by atoms with E-state index in [2.05, 4.69) is 31.8 Å². The van der Waals surface area contributed by atoms with E-state index < -0.39 is 0 Å². The SMILES string of the molecule is CN=C(NCc1nc(-c2ccc(Cl)cc2)no1)NC1CCCC1C#N.I. The van der Waals surface area contributed by atoms with Gasteiger partial charge in [0.25, 0.3) is 0 Å². The Hall–Kier alpha value is -1.86. The van der Waals surface area contributed by atoms with Crippen molar-refractivity contribution < 1.29 is 4.52 Å². The van der Waals surface area contributed by atoms with Crippen molar-refractivity contribution in [1.29, 1.82) is 5.26 Å². The molecule has 9 heteroatoms. The van der Waals surface area contributed by atoms with Gasteiger partial charge in [-0.1, -0.05) is 16.8 Å². The van der Waals surface area contributed by atoms with Gasteiger partial charge in [0.2, 0.25) is 11.7 Å². The van der Waals surface area contributed by atoms with Crippen molar-refractivity contribution in [3.8, 4) is 17.5 Å². The molecule has 0 spiro atoms. The van der Waals surface area contributed by atoms with E-state index in [1.165, 1.54) is 0 Å². The Morgan fingerprint density at radius 1 is 1.38 bits per heavy atom. The molecule has 1 saturated carbocycles. The number of rotatable bonds is 4. The molecule has 3 rings (SSSR count). The number of hydrogen-bond donors (Lipinski definition) is 2. The lowest BCUT2D eigenvalue weighted by Crippen LogP contribution is -2.44. The maximum Gasteiger partial charge on any atom is 0.246 e. The molecule has 1 fully saturated rings. The van der Waals surface area contributed by atoms with Gasteiger partial charge in [-0.25, -0.2) is 0 Å². The molecule has 0 radical (unpaired) electrons. The summed E-state index contributed by atoms with van der Waals surface area (Å²) in [6.45, 7) is 0.351. The third-order valence-corrected chi connectivity index (χ3v) is 4.46. The second kappa shape index (κ2) is 9.73. The Balaban J connectivity index is 0.00000243. The van der Waals surface area contributed by atoms with E-state index in [-0.39, 0.29) is 35.9 Å². The molecule has 1 heterocycles. The fraction of sp³-hybridized carbons (Fsp3) is 0.412. The minimum Gasteiger partial charge on any atom is -0.352 e.